The van der Waals surface area contributed by atoms with Crippen LogP contribution in [0.4, 0.5) is 11.4 Å². The fourth-order valence-corrected chi connectivity index (χ4v) is 2.62. The van der Waals surface area contributed by atoms with Gasteiger partial charge in [-0.1, -0.05) is 48.0 Å². The lowest BCUT2D eigenvalue weighted by Gasteiger charge is -2.08. The van der Waals surface area contributed by atoms with E-state index in [9.17, 15) is 14.7 Å². The summed E-state index contributed by atoms with van der Waals surface area (Å²) in [6, 6.07) is 22.0. The Bertz CT molecular complexity index is 1120. The van der Waals surface area contributed by atoms with Crippen molar-refractivity contribution < 1.29 is 19.4 Å². The van der Waals surface area contributed by atoms with Gasteiger partial charge in [0.05, 0.1) is 12.8 Å². The van der Waals surface area contributed by atoms with Crippen molar-refractivity contribution in [1.29, 1.82) is 0 Å². The van der Waals surface area contributed by atoms with Gasteiger partial charge in [0, 0.05) is 11.3 Å². The van der Waals surface area contributed by atoms with Crippen LogP contribution >= 0.6 is 0 Å². The van der Waals surface area contributed by atoms with E-state index < -0.39 is 23.1 Å². The Balaban J connectivity index is 1.92. The highest BCUT2D eigenvalue weighted by molar-refractivity contribution is 6.47. The highest BCUT2D eigenvalue weighted by atomic mass is 16.5. The Morgan fingerprint density at radius 1 is 0.903 bits per heavy atom. The molecular weight excluding hydrogens is 394 g/mol. The molecule has 0 atom stereocenters. The van der Waals surface area contributed by atoms with Crippen LogP contribution in [-0.2, 0) is 9.59 Å². The van der Waals surface area contributed by atoms with E-state index in [1.807, 2.05) is 13.0 Å². The molecule has 31 heavy (non-hydrogen) atoms. The number of Topliss-reactive ketones (excluding diaryl/α,β-unsaturated/α-hetero) is 1. The number of nitrogens with zero attached hydrogens (tertiary/aromatic N) is 2. The number of methoxy groups -OCH3 is 1. The molecule has 0 bridgehead atoms. The Morgan fingerprint density at radius 3 is 2.16 bits per heavy atom. The van der Waals surface area contributed by atoms with Crippen LogP contribution in [0.15, 0.2) is 94.8 Å². The molecule has 3 aromatic carbocycles. The van der Waals surface area contributed by atoms with Crippen molar-refractivity contribution in [3.63, 3.8) is 0 Å². The number of amides is 1. The minimum atomic E-state index is -1.02. The number of aryl methyl sites for hydroxylation is 1. The van der Waals surface area contributed by atoms with Crippen molar-refractivity contribution in [2.24, 2.45) is 10.2 Å². The number of aliphatic hydroxyl groups excluding tert-OH is 1. The number of aliphatic hydroxyl groups is 1. The van der Waals surface area contributed by atoms with E-state index in [4.69, 9.17) is 4.74 Å². The molecule has 0 aliphatic carbocycles. The van der Waals surface area contributed by atoms with Crippen LogP contribution in [0.1, 0.15) is 11.1 Å². The number of ketones is 1. The van der Waals surface area contributed by atoms with Crippen molar-refractivity contribution in [2.45, 2.75) is 6.92 Å². The minimum absolute atomic E-state index is 0.346. The summed E-state index contributed by atoms with van der Waals surface area (Å²) in [6.07, 6.45) is 0. The molecule has 3 aromatic rings. The third-order valence-corrected chi connectivity index (χ3v) is 4.34. The van der Waals surface area contributed by atoms with E-state index in [-0.39, 0.29) is 0 Å². The average Bonchev–Trinajstić information content (AvgIpc) is 2.80. The minimum Gasteiger partial charge on any atom is -0.505 e. The molecule has 0 fully saturated rings. The Kier molecular flexibility index (Phi) is 6.90. The molecule has 0 spiro atoms. The van der Waals surface area contributed by atoms with Crippen LogP contribution in [-0.4, -0.2) is 23.9 Å². The molecule has 0 saturated carbocycles. The lowest BCUT2D eigenvalue weighted by Crippen LogP contribution is -2.24. The number of nitrogens with one attached hydrogen (secondary N) is 1. The van der Waals surface area contributed by atoms with Gasteiger partial charge in [-0.15, -0.1) is 5.11 Å². The number of carbonyl (C=O) groups is 2. The average molecular weight is 415 g/mol. The third-order valence-electron chi connectivity index (χ3n) is 4.34. The molecule has 7 heteroatoms. The number of benzene rings is 3. The second-order valence-electron chi connectivity index (χ2n) is 6.61. The molecule has 7 nitrogen and oxygen atoms in total. The topological polar surface area (TPSA) is 100 Å². The van der Waals surface area contributed by atoms with Gasteiger partial charge in [0.25, 0.3) is 11.7 Å². The molecule has 0 radical (unpaired) electrons. The van der Waals surface area contributed by atoms with Crippen LogP contribution in [0.5, 0.6) is 5.75 Å². The van der Waals surface area contributed by atoms with E-state index in [1.165, 1.54) is 7.11 Å². The van der Waals surface area contributed by atoms with Crippen LogP contribution < -0.4 is 10.1 Å². The van der Waals surface area contributed by atoms with Gasteiger partial charge < -0.3 is 15.2 Å². The van der Waals surface area contributed by atoms with Gasteiger partial charge in [0.15, 0.2) is 11.5 Å². The summed E-state index contributed by atoms with van der Waals surface area (Å²) < 4.78 is 5.08. The molecule has 0 aromatic heterocycles. The van der Waals surface area contributed by atoms with E-state index >= 15 is 0 Å². The normalized spacial score (nSPS) is 11.7. The highest BCUT2D eigenvalue weighted by Gasteiger charge is 2.24. The van der Waals surface area contributed by atoms with Gasteiger partial charge in [-0.05, 0) is 43.3 Å². The number of hydrogen-bond acceptors (Lipinski definition) is 6. The number of rotatable bonds is 7. The summed E-state index contributed by atoms with van der Waals surface area (Å²) in [6.45, 7) is 1.90. The zero-order chi connectivity index (χ0) is 22.2. The number of azo groups is 1. The first-order valence-electron chi connectivity index (χ1n) is 9.44. The zero-order valence-corrected chi connectivity index (χ0v) is 17.1. The standard InChI is InChI=1S/C24H21N3O4/c1-16-8-10-17(11-9-16)22(28)21(27-26-19-6-4-3-5-7-19)23(29)24(30)25-18-12-14-20(31-2)15-13-18/h3-15,28H,1-2H3,(H,25,30)/b22-21+,27-26?. The van der Waals surface area contributed by atoms with Crippen LogP contribution in [0.3, 0.4) is 0 Å². The molecule has 1 amide bonds. The number of hydrogen-bond donors (Lipinski definition) is 2. The quantitative estimate of drug-likeness (QED) is 0.239. The number of carbonyl (C=O) groups excluding carboxylic acids is 2. The molecule has 0 saturated heterocycles. The lowest BCUT2D eigenvalue weighted by atomic mass is 10.1. The second-order valence-corrected chi connectivity index (χ2v) is 6.61. The molecule has 2 N–H and O–H groups in total. The predicted molar refractivity (Wildman–Crippen MR) is 118 cm³/mol. The van der Waals surface area contributed by atoms with Crippen molar-refractivity contribution in [3.05, 3.63) is 95.7 Å². The number of ether oxygens (including phenoxy) is 1. The van der Waals surface area contributed by atoms with Crippen molar-refractivity contribution >= 4 is 28.8 Å². The molecule has 0 unspecified atom stereocenters. The molecule has 0 aliphatic heterocycles. The Morgan fingerprint density at radius 2 is 1.55 bits per heavy atom. The SMILES string of the molecule is COc1ccc(NC(=O)C(=O)/C(N=Nc2ccccc2)=C(\O)c2ccc(C)cc2)cc1. The first-order chi connectivity index (χ1) is 15.0. The van der Waals surface area contributed by atoms with Crippen LogP contribution in [0.25, 0.3) is 5.76 Å². The third kappa shape index (κ3) is 5.63. The van der Waals surface area contributed by atoms with Gasteiger partial charge in [0.1, 0.15) is 5.75 Å². The monoisotopic (exact) mass is 415 g/mol. The second kappa shape index (κ2) is 9.98. The summed E-state index contributed by atoms with van der Waals surface area (Å²) in [5.41, 5.74) is 1.73. The van der Waals surface area contributed by atoms with Gasteiger partial charge in [0.2, 0.25) is 0 Å². The van der Waals surface area contributed by atoms with Crippen molar-refractivity contribution in [3.8, 4) is 5.75 Å². The van der Waals surface area contributed by atoms with E-state index in [1.54, 1.807) is 72.8 Å². The van der Waals surface area contributed by atoms with Gasteiger partial charge >= 0.3 is 0 Å². The summed E-state index contributed by atoms with van der Waals surface area (Å²) in [5.74, 6) is -1.80. The first-order valence-corrected chi connectivity index (χ1v) is 9.44. The van der Waals surface area contributed by atoms with Crippen LogP contribution in [0.2, 0.25) is 0 Å². The lowest BCUT2D eigenvalue weighted by molar-refractivity contribution is -0.132. The van der Waals surface area contributed by atoms with E-state index in [0.29, 0.717) is 22.7 Å². The maximum absolute atomic E-state index is 12.9. The fourth-order valence-electron chi connectivity index (χ4n) is 2.62. The summed E-state index contributed by atoms with van der Waals surface area (Å²) in [5, 5.41) is 21.1. The van der Waals surface area contributed by atoms with Gasteiger partial charge in [-0.25, -0.2) is 0 Å². The Hall–Kier alpha value is -4.26. The largest absolute Gasteiger partial charge is 0.505 e. The van der Waals surface area contributed by atoms with Gasteiger partial charge in [-0.3, -0.25) is 9.59 Å². The van der Waals surface area contributed by atoms with E-state index in [2.05, 4.69) is 15.5 Å². The first kappa shape index (κ1) is 21.4. The number of anilines is 1. The predicted octanol–water partition coefficient (Wildman–Crippen LogP) is 5.22. The maximum atomic E-state index is 12.9. The molecule has 3 rings (SSSR count). The molecule has 0 heterocycles. The molecule has 0 aliphatic rings. The van der Waals surface area contributed by atoms with Crippen molar-refractivity contribution in [2.75, 3.05) is 12.4 Å². The smallest absolute Gasteiger partial charge is 0.298 e. The zero-order valence-electron chi connectivity index (χ0n) is 17.1. The molecular formula is C24H21N3O4. The summed E-state index contributed by atoms with van der Waals surface area (Å²) >= 11 is 0. The van der Waals surface area contributed by atoms with E-state index in [0.717, 1.165) is 5.56 Å². The Labute approximate surface area is 179 Å². The van der Waals surface area contributed by atoms with Crippen LogP contribution in [0, 0.1) is 6.92 Å². The maximum Gasteiger partial charge on any atom is 0.298 e. The van der Waals surface area contributed by atoms with Gasteiger partial charge in [-0.2, -0.15) is 5.11 Å². The fraction of sp³-hybridized carbons (Fsp3) is 0.0833. The summed E-state index contributed by atoms with van der Waals surface area (Å²) in [7, 11) is 1.53. The highest BCUT2D eigenvalue weighted by Crippen LogP contribution is 2.22. The van der Waals surface area contributed by atoms with Crippen molar-refractivity contribution in [1.82, 2.24) is 0 Å². The summed E-state index contributed by atoms with van der Waals surface area (Å²) in [4.78, 5) is 25.4. The molecule has 156 valence electrons.